The molecule has 2 aromatic carbocycles. The number of hydrogen-bond acceptors (Lipinski definition) is 3. The number of benzene rings is 2. The second-order valence-electron chi connectivity index (χ2n) is 6.47. The van der Waals surface area contributed by atoms with E-state index in [1.165, 1.54) is 18.3 Å². The van der Waals surface area contributed by atoms with Gasteiger partial charge < -0.3 is 4.90 Å². The second-order valence-corrected chi connectivity index (χ2v) is 6.47. The highest BCUT2D eigenvalue weighted by molar-refractivity contribution is 5.97. The van der Waals surface area contributed by atoms with Gasteiger partial charge in [-0.2, -0.15) is 0 Å². The maximum absolute atomic E-state index is 13.5. The van der Waals surface area contributed by atoms with Gasteiger partial charge in [0.1, 0.15) is 11.6 Å². The molecule has 1 aromatic heterocycles. The van der Waals surface area contributed by atoms with Crippen LogP contribution in [0.5, 0.6) is 0 Å². The molecule has 132 valence electrons. The Morgan fingerprint density at radius 1 is 0.923 bits per heavy atom. The van der Waals surface area contributed by atoms with E-state index in [2.05, 4.69) is 9.97 Å². The average Bonchev–Trinajstić information content (AvgIpc) is 2.66. The van der Waals surface area contributed by atoms with Crippen LogP contribution in [0.25, 0.3) is 22.3 Å². The summed E-state index contributed by atoms with van der Waals surface area (Å²) >= 11 is 0. The predicted octanol–water partition coefficient (Wildman–Crippen LogP) is 4.20. The highest BCUT2D eigenvalue weighted by Gasteiger charge is 2.18. The first-order chi connectivity index (χ1) is 12.6. The molecule has 0 saturated carbocycles. The summed E-state index contributed by atoms with van der Waals surface area (Å²) in [5.41, 5.74) is 2.37. The van der Waals surface area contributed by atoms with Gasteiger partial charge in [-0.25, -0.2) is 13.8 Å². The minimum Gasteiger partial charge on any atom is -0.339 e. The smallest absolute Gasteiger partial charge is 0.253 e. The zero-order valence-electron chi connectivity index (χ0n) is 14.1. The SMILES string of the molecule is O=C(c1ccc2ncc(-c3cc(F)cc(F)c3)nc2c1)N1CCCCC1. The maximum Gasteiger partial charge on any atom is 0.253 e. The number of carbonyl (C=O) groups excluding carboxylic acids is 1. The molecule has 0 unspecified atom stereocenters. The number of carbonyl (C=O) groups is 1. The number of fused-ring (bicyclic) bond motifs is 1. The van der Waals surface area contributed by atoms with E-state index in [1.807, 2.05) is 4.90 Å². The molecule has 0 aliphatic carbocycles. The summed E-state index contributed by atoms with van der Waals surface area (Å²) in [6, 6.07) is 8.42. The number of piperidine rings is 1. The van der Waals surface area contributed by atoms with Gasteiger partial charge >= 0.3 is 0 Å². The summed E-state index contributed by atoms with van der Waals surface area (Å²) in [5, 5.41) is 0. The largest absolute Gasteiger partial charge is 0.339 e. The first-order valence-corrected chi connectivity index (χ1v) is 8.63. The van der Waals surface area contributed by atoms with Gasteiger partial charge in [0.15, 0.2) is 0 Å². The van der Waals surface area contributed by atoms with Gasteiger partial charge in [0.25, 0.3) is 5.91 Å². The van der Waals surface area contributed by atoms with Crippen LogP contribution in [0.3, 0.4) is 0 Å². The van der Waals surface area contributed by atoms with Crippen molar-refractivity contribution in [3.05, 3.63) is 59.8 Å². The van der Waals surface area contributed by atoms with E-state index in [4.69, 9.17) is 0 Å². The fourth-order valence-electron chi connectivity index (χ4n) is 3.26. The Morgan fingerprint density at radius 2 is 1.65 bits per heavy atom. The monoisotopic (exact) mass is 353 g/mol. The normalized spacial score (nSPS) is 14.6. The van der Waals surface area contributed by atoms with Gasteiger partial charge in [-0.05, 0) is 49.6 Å². The van der Waals surface area contributed by atoms with Crippen molar-refractivity contribution in [3.63, 3.8) is 0 Å². The number of rotatable bonds is 2. The summed E-state index contributed by atoms with van der Waals surface area (Å²) in [5.74, 6) is -1.36. The lowest BCUT2D eigenvalue weighted by Crippen LogP contribution is -2.35. The van der Waals surface area contributed by atoms with E-state index in [0.717, 1.165) is 38.4 Å². The van der Waals surface area contributed by atoms with Crippen LogP contribution in [0, 0.1) is 11.6 Å². The molecule has 2 heterocycles. The molecule has 26 heavy (non-hydrogen) atoms. The fourth-order valence-corrected chi connectivity index (χ4v) is 3.26. The number of likely N-dealkylation sites (tertiary alicyclic amines) is 1. The lowest BCUT2D eigenvalue weighted by atomic mass is 10.1. The van der Waals surface area contributed by atoms with Crippen LogP contribution < -0.4 is 0 Å². The van der Waals surface area contributed by atoms with Crippen molar-refractivity contribution in [2.45, 2.75) is 19.3 Å². The highest BCUT2D eigenvalue weighted by atomic mass is 19.1. The Hall–Kier alpha value is -2.89. The van der Waals surface area contributed by atoms with E-state index in [9.17, 15) is 13.6 Å². The van der Waals surface area contributed by atoms with Crippen molar-refractivity contribution in [1.29, 1.82) is 0 Å². The molecule has 1 aliphatic rings. The van der Waals surface area contributed by atoms with E-state index < -0.39 is 11.6 Å². The first-order valence-electron chi connectivity index (χ1n) is 8.63. The predicted molar refractivity (Wildman–Crippen MR) is 94.6 cm³/mol. The topological polar surface area (TPSA) is 46.1 Å². The quantitative estimate of drug-likeness (QED) is 0.694. The van der Waals surface area contributed by atoms with Gasteiger partial charge in [-0.3, -0.25) is 9.78 Å². The van der Waals surface area contributed by atoms with Crippen molar-refractivity contribution in [3.8, 4) is 11.3 Å². The summed E-state index contributed by atoms with van der Waals surface area (Å²) < 4.78 is 26.9. The lowest BCUT2D eigenvalue weighted by Gasteiger charge is -2.26. The summed E-state index contributed by atoms with van der Waals surface area (Å²) in [6.45, 7) is 1.54. The first kappa shape index (κ1) is 16.6. The summed E-state index contributed by atoms with van der Waals surface area (Å²) in [6.07, 6.45) is 4.67. The molecule has 6 heteroatoms. The molecule has 3 aromatic rings. The van der Waals surface area contributed by atoms with Gasteiger partial charge in [-0.15, -0.1) is 0 Å². The van der Waals surface area contributed by atoms with Crippen molar-refractivity contribution in [2.75, 3.05) is 13.1 Å². The molecule has 0 spiro atoms. The number of nitrogens with zero attached hydrogens (tertiary/aromatic N) is 3. The lowest BCUT2D eigenvalue weighted by molar-refractivity contribution is 0.0724. The maximum atomic E-state index is 13.5. The van der Waals surface area contributed by atoms with Gasteiger partial charge in [-0.1, -0.05) is 0 Å². The third-order valence-electron chi connectivity index (χ3n) is 4.59. The number of aromatic nitrogens is 2. The van der Waals surface area contributed by atoms with Gasteiger partial charge in [0.05, 0.1) is 22.9 Å². The molecule has 1 amide bonds. The zero-order chi connectivity index (χ0) is 18.1. The second kappa shape index (κ2) is 6.78. The highest BCUT2D eigenvalue weighted by Crippen LogP contribution is 2.23. The molecule has 1 fully saturated rings. The van der Waals surface area contributed by atoms with E-state index in [1.54, 1.807) is 18.2 Å². The Morgan fingerprint density at radius 3 is 2.38 bits per heavy atom. The average molecular weight is 353 g/mol. The molecule has 1 saturated heterocycles. The molecular weight excluding hydrogens is 336 g/mol. The van der Waals surface area contributed by atoms with Crippen molar-refractivity contribution < 1.29 is 13.6 Å². The molecule has 4 rings (SSSR count). The number of amides is 1. The number of hydrogen-bond donors (Lipinski definition) is 0. The Labute approximate surface area is 149 Å². The third-order valence-corrected chi connectivity index (χ3v) is 4.59. The van der Waals surface area contributed by atoms with Crippen LogP contribution >= 0.6 is 0 Å². The van der Waals surface area contributed by atoms with Crippen LogP contribution in [0.4, 0.5) is 8.78 Å². The van der Waals surface area contributed by atoms with Gasteiger partial charge in [0, 0.05) is 30.3 Å². The van der Waals surface area contributed by atoms with Crippen molar-refractivity contribution in [2.24, 2.45) is 0 Å². The zero-order valence-corrected chi connectivity index (χ0v) is 14.1. The minimum absolute atomic E-state index is 0.0180. The fraction of sp³-hybridized carbons (Fsp3) is 0.250. The van der Waals surface area contributed by atoms with Crippen LogP contribution in [0.1, 0.15) is 29.6 Å². The Kier molecular flexibility index (Phi) is 4.32. The molecular formula is C20H17F2N3O. The Bertz CT molecular complexity index is 964. The number of halogens is 2. The molecule has 4 nitrogen and oxygen atoms in total. The molecule has 1 aliphatic heterocycles. The van der Waals surface area contributed by atoms with E-state index in [-0.39, 0.29) is 5.91 Å². The van der Waals surface area contributed by atoms with Crippen LogP contribution in [-0.4, -0.2) is 33.9 Å². The van der Waals surface area contributed by atoms with Crippen molar-refractivity contribution >= 4 is 16.9 Å². The van der Waals surface area contributed by atoms with Crippen LogP contribution in [-0.2, 0) is 0 Å². The molecule has 0 radical (unpaired) electrons. The van der Waals surface area contributed by atoms with Crippen molar-refractivity contribution in [1.82, 2.24) is 14.9 Å². The molecule has 0 atom stereocenters. The Balaban J connectivity index is 1.71. The standard InChI is InChI=1S/C20H17F2N3O/c21-15-8-14(9-16(22)11-15)19-12-23-17-5-4-13(10-18(17)24-19)20(26)25-6-2-1-3-7-25/h4-5,8-12H,1-3,6-7H2. The summed E-state index contributed by atoms with van der Waals surface area (Å²) in [4.78, 5) is 23.3. The van der Waals surface area contributed by atoms with Crippen LogP contribution in [0.2, 0.25) is 0 Å². The van der Waals surface area contributed by atoms with Crippen LogP contribution in [0.15, 0.2) is 42.6 Å². The third kappa shape index (κ3) is 3.27. The summed E-state index contributed by atoms with van der Waals surface area (Å²) in [7, 11) is 0. The minimum atomic E-state index is -0.670. The van der Waals surface area contributed by atoms with E-state index in [0.29, 0.717) is 27.9 Å². The van der Waals surface area contributed by atoms with E-state index >= 15 is 0 Å². The molecule has 0 N–H and O–H groups in total. The molecule has 0 bridgehead atoms. The van der Waals surface area contributed by atoms with Gasteiger partial charge in [0.2, 0.25) is 0 Å².